The van der Waals surface area contributed by atoms with Crippen molar-refractivity contribution in [3.8, 4) is 0 Å². The summed E-state index contributed by atoms with van der Waals surface area (Å²) in [6.07, 6.45) is 13.6. The van der Waals surface area contributed by atoms with Crippen LogP contribution in [0.3, 0.4) is 0 Å². The third-order valence-electron chi connectivity index (χ3n) is 3.76. The van der Waals surface area contributed by atoms with E-state index in [2.05, 4.69) is 26.8 Å². The van der Waals surface area contributed by atoms with Gasteiger partial charge in [0.25, 0.3) is 0 Å². The monoisotopic (exact) mass is 289 g/mol. The maximum absolute atomic E-state index is 4.26. The zero-order chi connectivity index (χ0) is 14.8. The summed E-state index contributed by atoms with van der Waals surface area (Å²) >= 11 is 0. The zero-order valence-electron chi connectivity index (χ0n) is 13.0. The number of aliphatic imine (C=N–C) groups is 1. The summed E-state index contributed by atoms with van der Waals surface area (Å²) in [6.45, 7) is 2.80. The Kier molecular flexibility index (Phi) is 6.84. The normalized spacial score (nSPS) is 15.7. The number of rotatable bonds is 7. The summed E-state index contributed by atoms with van der Waals surface area (Å²) in [5, 5.41) is 10.9. The van der Waals surface area contributed by atoms with Crippen molar-refractivity contribution >= 4 is 5.96 Å². The van der Waals surface area contributed by atoms with Gasteiger partial charge in [0.1, 0.15) is 0 Å². The van der Waals surface area contributed by atoms with Crippen molar-refractivity contribution in [2.75, 3.05) is 20.1 Å². The third-order valence-corrected chi connectivity index (χ3v) is 3.76. The van der Waals surface area contributed by atoms with Gasteiger partial charge in [0.05, 0.1) is 0 Å². The lowest BCUT2D eigenvalue weighted by atomic mass is 9.97. The van der Waals surface area contributed by atoms with Gasteiger partial charge in [0.2, 0.25) is 0 Å². The van der Waals surface area contributed by atoms with E-state index >= 15 is 0 Å². The summed E-state index contributed by atoms with van der Waals surface area (Å²) in [4.78, 5) is 4.26. The average molecular weight is 289 g/mol. The smallest absolute Gasteiger partial charge is 0.190 e. The molecular formula is C16H27N5. The molecule has 0 spiro atoms. The quantitative estimate of drug-likeness (QED) is 0.350. The standard InChI is InChI=1S/C16H27N5/c1-17-16(18-10-5-13-21-14-6-11-20-21)19-12-9-15-7-3-2-4-8-15/h6-7,11,14H,2-5,8-10,12-13H2,1H3,(H2,17,18,19). The van der Waals surface area contributed by atoms with Crippen molar-refractivity contribution in [1.29, 1.82) is 0 Å². The Morgan fingerprint density at radius 3 is 2.95 bits per heavy atom. The molecule has 2 N–H and O–H groups in total. The molecule has 5 heteroatoms. The lowest BCUT2D eigenvalue weighted by molar-refractivity contribution is 0.570. The van der Waals surface area contributed by atoms with Gasteiger partial charge in [0, 0.05) is 39.1 Å². The second kappa shape index (κ2) is 9.21. The Balaban J connectivity index is 1.56. The molecule has 0 radical (unpaired) electrons. The van der Waals surface area contributed by atoms with Gasteiger partial charge in [0.15, 0.2) is 5.96 Å². The molecule has 0 saturated carbocycles. The van der Waals surface area contributed by atoms with Gasteiger partial charge in [-0.3, -0.25) is 9.67 Å². The lowest BCUT2D eigenvalue weighted by Gasteiger charge is -2.15. The Labute approximate surface area is 127 Å². The van der Waals surface area contributed by atoms with Crippen molar-refractivity contribution < 1.29 is 0 Å². The number of nitrogens with zero attached hydrogens (tertiary/aromatic N) is 3. The number of hydrogen-bond acceptors (Lipinski definition) is 2. The maximum Gasteiger partial charge on any atom is 0.190 e. The molecule has 0 aromatic carbocycles. The summed E-state index contributed by atoms with van der Waals surface area (Å²) in [6, 6.07) is 1.95. The molecule has 5 nitrogen and oxygen atoms in total. The van der Waals surface area contributed by atoms with Crippen LogP contribution in [0.15, 0.2) is 35.1 Å². The highest BCUT2D eigenvalue weighted by molar-refractivity contribution is 5.79. The molecule has 1 aliphatic carbocycles. The fourth-order valence-electron chi connectivity index (χ4n) is 2.57. The van der Waals surface area contributed by atoms with Gasteiger partial charge >= 0.3 is 0 Å². The fourth-order valence-corrected chi connectivity index (χ4v) is 2.57. The van der Waals surface area contributed by atoms with Crippen LogP contribution >= 0.6 is 0 Å². The van der Waals surface area contributed by atoms with E-state index < -0.39 is 0 Å². The minimum atomic E-state index is 0.895. The molecule has 0 unspecified atom stereocenters. The molecule has 2 rings (SSSR count). The zero-order valence-corrected chi connectivity index (χ0v) is 13.0. The molecule has 0 amide bonds. The number of nitrogens with one attached hydrogen (secondary N) is 2. The van der Waals surface area contributed by atoms with E-state index in [1.54, 1.807) is 5.57 Å². The first-order valence-electron chi connectivity index (χ1n) is 7.98. The average Bonchev–Trinajstić information content (AvgIpc) is 3.04. The fraction of sp³-hybridized carbons (Fsp3) is 0.625. The first-order chi connectivity index (χ1) is 10.4. The Morgan fingerprint density at radius 2 is 2.24 bits per heavy atom. The van der Waals surface area contributed by atoms with Crippen LogP contribution in [-0.4, -0.2) is 35.9 Å². The highest BCUT2D eigenvalue weighted by Crippen LogP contribution is 2.19. The first kappa shape index (κ1) is 15.6. The minimum Gasteiger partial charge on any atom is -0.356 e. The Bertz CT molecular complexity index is 447. The Morgan fingerprint density at radius 1 is 1.33 bits per heavy atom. The highest BCUT2D eigenvalue weighted by Gasteiger charge is 2.04. The van der Waals surface area contributed by atoms with Crippen LogP contribution in [-0.2, 0) is 6.54 Å². The molecule has 21 heavy (non-hydrogen) atoms. The predicted molar refractivity (Wildman–Crippen MR) is 87.4 cm³/mol. The molecule has 1 aliphatic rings. The van der Waals surface area contributed by atoms with E-state index in [0.29, 0.717) is 0 Å². The van der Waals surface area contributed by atoms with Crippen molar-refractivity contribution in [3.05, 3.63) is 30.1 Å². The van der Waals surface area contributed by atoms with E-state index in [1.807, 2.05) is 30.2 Å². The predicted octanol–water partition coefficient (Wildman–Crippen LogP) is 2.33. The molecule has 116 valence electrons. The summed E-state index contributed by atoms with van der Waals surface area (Å²) < 4.78 is 1.95. The van der Waals surface area contributed by atoms with Gasteiger partial charge < -0.3 is 10.6 Å². The van der Waals surface area contributed by atoms with Crippen molar-refractivity contribution in [1.82, 2.24) is 20.4 Å². The van der Waals surface area contributed by atoms with Crippen LogP contribution in [0.2, 0.25) is 0 Å². The molecule has 1 heterocycles. The van der Waals surface area contributed by atoms with Crippen LogP contribution in [0, 0.1) is 0 Å². The van der Waals surface area contributed by atoms with Gasteiger partial charge in [-0.25, -0.2) is 0 Å². The van der Waals surface area contributed by atoms with Crippen LogP contribution in [0.1, 0.15) is 38.5 Å². The van der Waals surface area contributed by atoms with E-state index in [1.165, 1.54) is 25.7 Å². The third kappa shape index (κ3) is 6.02. The summed E-state index contributed by atoms with van der Waals surface area (Å²) in [5.74, 6) is 0.895. The number of guanidine groups is 1. The number of aryl methyl sites for hydroxylation is 1. The van der Waals surface area contributed by atoms with Crippen LogP contribution in [0.25, 0.3) is 0 Å². The SMILES string of the molecule is CN=C(NCCCn1cccn1)NCCC1=CCCCC1. The number of allylic oxidation sites excluding steroid dienone is 1. The maximum atomic E-state index is 4.26. The second-order valence-electron chi connectivity index (χ2n) is 5.41. The molecular weight excluding hydrogens is 262 g/mol. The van der Waals surface area contributed by atoms with Gasteiger partial charge in [-0.1, -0.05) is 11.6 Å². The summed E-state index contributed by atoms with van der Waals surface area (Å²) in [5.41, 5.74) is 1.60. The van der Waals surface area contributed by atoms with Gasteiger partial charge in [-0.15, -0.1) is 0 Å². The topological polar surface area (TPSA) is 54.2 Å². The molecule has 0 fully saturated rings. The van der Waals surface area contributed by atoms with Crippen molar-refractivity contribution in [3.63, 3.8) is 0 Å². The lowest BCUT2D eigenvalue weighted by Crippen LogP contribution is -2.38. The van der Waals surface area contributed by atoms with E-state index in [4.69, 9.17) is 0 Å². The molecule has 0 saturated heterocycles. The first-order valence-corrected chi connectivity index (χ1v) is 7.98. The molecule has 0 aliphatic heterocycles. The largest absolute Gasteiger partial charge is 0.356 e. The van der Waals surface area contributed by atoms with Crippen molar-refractivity contribution in [2.45, 2.75) is 45.1 Å². The van der Waals surface area contributed by atoms with Gasteiger partial charge in [-0.05, 0) is 44.6 Å². The van der Waals surface area contributed by atoms with Crippen LogP contribution in [0.5, 0.6) is 0 Å². The van der Waals surface area contributed by atoms with Crippen LogP contribution in [0.4, 0.5) is 0 Å². The van der Waals surface area contributed by atoms with Gasteiger partial charge in [-0.2, -0.15) is 5.10 Å². The molecule has 0 bridgehead atoms. The molecule has 1 aromatic rings. The number of aromatic nitrogens is 2. The summed E-state index contributed by atoms with van der Waals surface area (Å²) in [7, 11) is 1.82. The number of hydrogen-bond donors (Lipinski definition) is 2. The van der Waals surface area contributed by atoms with Crippen LogP contribution < -0.4 is 10.6 Å². The molecule has 0 atom stereocenters. The second-order valence-corrected chi connectivity index (χ2v) is 5.41. The van der Waals surface area contributed by atoms with Crippen molar-refractivity contribution in [2.24, 2.45) is 4.99 Å². The van der Waals surface area contributed by atoms with E-state index in [-0.39, 0.29) is 0 Å². The minimum absolute atomic E-state index is 0.895. The van der Waals surface area contributed by atoms with E-state index in [9.17, 15) is 0 Å². The molecule has 1 aromatic heterocycles. The highest BCUT2D eigenvalue weighted by atomic mass is 15.3. The Hall–Kier alpha value is -1.78. The van der Waals surface area contributed by atoms with E-state index in [0.717, 1.165) is 38.4 Å².